The molecule has 5 heteroatoms. The van der Waals surface area contributed by atoms with E-state index >= 15 is 0 Å². The van der Waals surface area contributed by atoms with E-state index in [1.54, 1.807) is 0 Å². The van der Waals surface area contributed by atoms with Crippen LogP contribution in [0.5, 0.6) is 0 Å². The fraction of sp³-hybridized carbons (Fsp3) is 0.154. The lowest BCUT2D eigenvalue weighted by molar-refractivity contribution is 0.102. The monoisotopic (exact) mass is 242 g/mol. The van der Waals surface area contributed by atoms with Crippen LogP contribution in [0, 0.1) is 13.8 Å². The second-order valence-electron chi connectivity index (χ2n) is 4.04. The van der Waals surface area contributed by atoms with Crippen LogP contribution in [0.2, 0.25) is 0 Å². The van der Waals surface area contributed by atoms with E-state index in [4.69, 9.17) is 5.73 Å². The number of nitrogens with one attached hydrogen (secondary N) is 1. The topological polar surface area (TPSA) is 80.9 Å². The van der Waals surface area contributed by atoms with E-state index in [9.17, 15) is 4.79 Å². The highest BCUT2D eigenvalue weighted by Gasteiger charge is 2.12. The summed E-state index contributed by atoms with van der Waals surface area (Å²) in [6.45, 7) is 4.00. The number of amides is 1. The summed E-state index contributed by atoms with van der Waals surface area (Å²) in [6, 6.07) is 5.69. The Hall–Kier alpha value is -2.43. The largest absolute Gasteiger partial charge is 0.382 e. The lowest BCUT2D eigenvalue weighted by Crippen LogP contribution is -2.16. The number of nitrogens with zero attached hydrogens (tertiary/aromatic N) is 2. The number of nitrogens with two attached hydrogens (primary N) is 1. The number of benzene rings is 1. The van der Waals surface area contributed by atoms with Crippen molar-refractivity contribution in [3.63, 3.8) is 0 Å². The molecule has 0 fully saturated rings. The van der Waals surface area contributed by atoms with Crippen molar-refractivity contribution in [2.24, 2.45) is 0 Å². The minimum Gasteiger partial charge on any atom is -0.382 e. The summed E-state index contributed by atoms with van der Waals surface area (Å²) in [5.41, 5.74) is 8.73. The minimum atomic E-state index is -0.358. The van der Waals surface area contributed by atoms with Gasteiger partial charge in [0.15, 0.2) is 11.5 Å². The van der Waals surface area contributed by atoms with Gasteiger partial charge in [-0.15, -0.1) is 0 Å². The Morgan fingerprint density at radius 2 is 1.89 bits per heavy atom. The van der Waals surface area contributed by atoms with Gasteiger partial charge in [0.1, 0.15) is 0 Å². The zero-order valence-corrected chi connectivity index (χ0v) is 10.3. The molecule has 1 heterocycles. The molecule has 1 aromatic carbocycles. The molecule has 0 atom stereocenters. The van der Waals surface area contributed by atoms with E-state index in [0.29, 0.717) is 5.69 Å². The number of anilines is 2. The number of rotatable bonds is 2. The fourth-order valence-corrected chi connectivity index (χ4v) is 1.53. The van der Waals surface area contributed by atoms with Crippen molar-refractivity contribution in [3.05, 3.63) is 47.4 Å². The smallest absolute Gasteiger partial charge is 0.278 e. The molecule has 0 bridgehead atoms. The van der Waals surface area contributed by atoms with Crippen LogP contribution in [-0.4, -0.2) is 15.9 Å². The SMILES string of the molecule is Cc1ccc(NC(=O)c2nccnc2N)cc1C. The Kier molecular flexibility index (Phi) is 3.23. The van der Waals surface area contributed by atoms with Gasteiger partial charge in [-0.2, -0.15) is 0 Å². The third-order valence-corrected chi connectivity index (χ3v) is 2.71. The molecule has 0 saturated heterocycles. The number of hydrogen-bond acceptors (Lipinski definition) is 4. The molecule has 92 valence electrons. The van der Waals surface area contributed by atoms with Gasteiger partial charge in [0.2, 0.25) is 0 Å². The van der Waals surface area contributed by atoms with Crippen LogP contribution in [0.1, 0.15) is 21.6 Å². The van der Waals surface area contributed by atoms with Crippen molar-refractivity contribution in [1.82, 2.24) is 9.97 Å². The van der Waals surface area contributed by atoms with Crippen molar-refractivity contribution >= 4 is 17.4 Å². The van der Waals surface area contributed by atoms with Crippen molar-refractivity contribution in [1.29, 1.82) is 0 Å². The van der Waals surface area contributed by atoms with Gasteiger partial charge in [-0.1, -0.05) is 6.07 Å². The number of carbonyl (C=O) groups excluding carboxylic acids is 1. The first-order valence-electron chi connectivity index (χ1n) is 5.53. The number of aryl methyl sites for hydroxylation is 2. The zero-order chi connectivity index (χ0) is 13.1. The van der Waals surface area contributed by atoms with Crippen LogP contribution in [-0.2, 0) is 0 Å². The van der Waals surface area contributed by atoms with Gasteiger partial charge in [-0.25, -0.2) is 9.97 Å². The molecule has 2 rings (SSSR count). The van der Waals surface area contributed by atoms with Crippen LogP contribution in [0.3, 0.4) is 0 Å². The molecule has 0 radical (unpaired) electrons. The van der Waals surface area contributed by atoms with Crippen LogP contribution in [0.15, 0.2) is 30.6 Å². The summed E-state index contributed by atoms with van der Waals surface area (Å²) < 4.78 is 0. The van der Waals surface area contributed by atoms with Gasteiger partial charge < -0.3 is 11.1 Å². The van der Waals surface area contributed by atoms with Gasteiger partial charge in [0.25, 0.3) is 5.91 Å². The van der Waals surface area contributed by atoms with Gasteiger partial charge in [0, 0.05) is 18.1 Å². The van der Waals surface area contributed by atoms with E-state index in [-0.39, 0.29) is 17.4 Å². The predicted molar refractivity (Wildman–Crippen MR) is 70.3 cm³/mol. The molecule has 0 aliphatic rings. The quantitative estimate of drug-likeness (QED) is 0.843. The molecule has 0 spiro atoms. The number of carbonyl (C=O) groups is 1. The second kappa shape index (κ2) is 4.83. The van der Waals surface area contributed by atoms with Crippen LogP contribution >= 0.6 is 0 Å². The molecule has 0 saturated carbocycles. The molecule has 0 unspecified atom stereocenters. The van der Waals surface area contributed by atoms with Crippen LogP contribution < -0.4 is 11.1 Å². The van der Waals surface area contributed by atoms with Crippen LogP contribution in [0.4, 0.5) is 11.5 Å². The molecule has 5 nitrogen and oxygen atoms in total. The maximum atomic E-state index is 11.9. The van der Waals surface area contributed by atoms with E-state index < -0.39 is 0 Å². The van der Waals surface area contributed by atoms with Gasteiger partial charge >= 0.3 is 0 Å². The minimum absolute atomic E-state index is 0.124. The molecule has 0 aliphatic carbocycles. The zero-order valence-electron chi connectivity index (χ0n) is 10.3. The first-order chi connectivity index (χ1) is 8.58. The summed E-state index contributed by atoms with van der Waals surface area (Å²) >= 11 is 0. The maximum Gasteiger partial charge on any atom is 0.278 e. The summed E-state index contributed by atoms with van der Waals surface area (Å²) in [6.07, 6.45) is 2.88. The standard InChI is InChI=1S/C13H14N4O/c1-8-3-4-10(7-9(8)2)17-13(18)11-12(14)16-6-5-15-11/h3-7H,1-2H3,(H2,14,16)(H,17,18). The Labute approximate surface area is 105 Å². The third-order valence-electron chi connectivity index (χ3n) is 2.71. The van der Waals surface area contributed by atoms with E-state index in [1.165, 1.54) is 18.0 Å². The lowest BCUT2D eigenvalue weighted by atomic mass is 10.1. The molecule has 0 aliphatic heterocycles. The molecule has 1 amide bonds. The van der Waals surface area contributed by atoms with E-state index in [0.717, 1.165) is 5.56 Å². The van der Waals surface area contributed by atoms with Crippen molar-refractivity contribution in [2.75, 3.05) is 11.1 Å². The summed E-state index contributed by atoms with van der Waals surface area (Å²) in [7, 11) is 0. The number of hydrogen-bond donors (Lipinski definition) is 2. The first kappa shape index (κ1) is 12.0. The van der Waals surface area contributed by atoms with Gasteiger partial charge in [-0.05, 0) is 37.1 Å². The average Bonchev–Trinajstić information content (AvgIpc) is 2.34. The molecule has 1 aromatic heterocycles. The van der Waals surface area contributed by atoms with Crippen molar-refractivity contribution < 1.29 is 4.79 Å². The Morgan fingerprint density at radius 3 is 2.56 bits per heavy atom. The highest BCUT2D eigenvalue weighted by atomic mass is 16.1. The van der Waals surface area contributed by atoms with E-state index in [2.05, 4.69) is 15.3 Å². The van der Waals surface area contributed by atoms with Crippen molar-refractivity contribution in [2.45, 2.75) is 13.8 Å². The Bertz CT molecular complexity index is 595. The maximum absolute atomic E-state index is 11.9. The highest BCUT2D eigenvalue weighted by molar-refractivity contribution is 6.05. The first-order valence-corrected chi connectivity index (χ1v) is 5.53. The predicted octanol–water partition coefficient (Wildman–Crippen LogP) is 1.93. The molecule has 2 aromatic rings. The number of aromatic nitrogens is 2. The highest BCUT2D eigenvalue weighted by Crippen LogP contribution is 2.15. The van der Waals surface area contributed by atoms with Crippen molar-refractivity contribution in [3.8, 4) is 0 Å². The van der Waals surface area contributed by atoms with Gasteiger partial charge in [0.05, 0.1) is 0 Å². The Morgan fingerprint density at radius 1 is 1.17 bits per heavy atom. The third kappa shape index (κ3) is 2.45. The second-order valence-corrected chi connectivity index (χ2v) is 4.04. The summed E-state index contributed by atoms with van der Waals surface area (Å²) in [5.74, 6) is -0.234. The van der Waals surface area contributed by atoms with E-state index in [1.807, 2.05) is 32.0 Å². The molecule has 3 N–H and O–H groups in total. The van der Waals surface area contributed by atoms with Gasteiger partial charge in [-0.3, -0.25) is 4.79 Å². The lowest BCUT2D eigenvalue weighted by Gasteiger charge is -2.07. The normalized spacial score (nSPS) is 10.1. The summed E-state index contributed by atoms with van der Waals surface area (Å²) in [5, 5.41) is 2.75. The average molecular weight is 242 g/mol. The Balaban J connectivity index is 2.22. The molecule has 18 heavy (non-hydrogen) atoms. The molecular weight excluding hydrogens is 228 g/mol. The van der Waals surface area contributed by atoms with Crippen LogP contribution in [0.25, 0.3) is 0 Å². The number of nitrogen functional groups attached to an aromatic ring is 1. The molecular formula is C13H14N4O. The fourth-order valence-electron chi connectivity index (χ4n) is 1.53. The summed E-state index contributed by atoms with van der Waals surface area (Å²) in [4.78, 5) is 19.7.